The van der Waals surface area contributed by atoms with E-state index < -0.39 is 16.8 Å². The highest BCUT2D eigenvalue weighted by molar-refractivity contribution is 8.00. The number of nitrogens with one attached hydrogen (secondary N) is 1. The van der Waals surface area contributed by atoms with Gasteiger partial charge in [0.05, 0.1) is 17.9 Å². The summed E-state index contributed by atoms with van der Waals surface area (Å²) in [7, 11) is 1.28. The standard InChI is InChI=1S/C27H25N3O4S3/c1-34-25(33)27(28,17-8-4-3-5-9-17)16-21(35-2)22(31)18-10-6-7-11-19(18)23-20(12-14-36-23)24(32)30-26-29-13-15-37-26/h3-15,21H,16,28H2,1-2H3,(H,29,30,32)/t21?,27-/m1/s1. The minimum Gasteiger partial charge on any atom is -0.467 e. The predicted molar refractivity (Wildman–Crippen MR) is 150 cm³/mol. The topological polar surface area (TPSA) is 111 Å². The number of benzene rings is 2. The van der Waals surface area contributed by atoms with Crippen LogP contribution in [0.2, 0.25) is 0 Å². The van der Waals surface area contributed by atoms with Gasteiger partial charge in [0.2, 0.25) is 0 Å². The van der Waals surface area contributed by atoms with E-state index in [2.05, 4.69) is 10.3 Å². The zero-order chi connectivity index (χ0) is 26.4. The molecule has 37 heavy (non-hydrogen) atoms. The molecule has 0 aliphatic carbocycles. The lowest BCUT2D eigenvalue weighted by Gasteiger charge is -2.30. The fraction of sp³-hybridized carbons (Fsp3) is 0.185. The number of thiazole rings is 1. The van der Waals surface area contributed by atoms with Crippen LogP contribution in [0.3, 0.4) is 0 Å². The van der Waals surface area contributed by atoms with Crippen molar-refractivity contribution in [2.24, 2.45) is 5.73 Å². The van der Waals surface area contributed by atoms with E-state index in [0.717, 1.165) is 0 Å². The van der Waals surface area contributed by atoms with E-state index in [1.165, 1.54) is 41.5 Å². The Bertz CT molecular complexity index is 1390. The number of esters is 1. The first-order valence-corrected chi connectivity index (χ1v) is 14.3. The first kappa shape index (κ1) is 26.7. The zero-order valence-electron chi connectivity index (χ0n) is 20.2. The van der Waals surface area contributed by atoms with Crippen LogP contribution in [0.5, 0.6) is 0 Å². The second-order valence-corrected chi connectivity index (χ2v) is 11.0. The first-order valence-electron chi connectivity index (χ1n) is 11.3. The van der Waals surface area contributed by atoms with Gasteiger partial charge in [-0.05, 0) is 29.7 Å². The van der Waals surface area contributed by atoms with Gasteiger partial charge in [0.15, 0.2) is 10.9 Å². The Morgan fingerprint density at radius 3 is 2.43 bits per heavy atom. The summed E-state index contributed by atoms with van der Waals surface area (Å²) >= 11 is 4.03. The molecule has 2 atom stereocenters. The van der Waals surface area contributed by atoms with Crippen molar-refractivity contribution in [2.75, 3.05) is 18.7 Å². The van der Waals surface area contributed by atoms with Crippen LogP contribution in [0.1, 0.15) is 32.7 Å². The number of methoxy groups -OCH3 is 1. The third-order valence-electron chi connectivity index (χ3n) is 5.92. The molecule has 2 aromatic heterocycles. The van der Waals surface area contributed by atoms with Crippen molar-refractivity contribution in [3.8, 4) is 10.4 Å². The fourth-order valence-electron chi connectivity index (χ4n) is 4.03. The SMILES string of the molecule is COC(=O)[C@@](N)(CC(SC)C(=O)c1ccccc1-c1sccc1C(=O)Nc1nccs1)c1ccccc1. The summed E-state index contributed by atoms with van der Waals surface area (Å²) < 4.78 is 5.04. The van der Waals surface area contributed by atoms with Gasteiger partial charge in [0.1, 0.15) is 5.54 Å². The molecule has 2 heterocycles. The Kier molecular flexibility index (Phi) is 8.55. The lowest BCUT2D eigenvalue weighted by atomic mass is 9.84. The van der Waals surface area contributed by atoms with Crippen LogP contribution in [0.15, 0.2) is 77.6 Å². The number of hydrogen-bond acceptors (Lipinski definition) is 9. The van der Waals surface area contributed by atoms with E-state index in [-0.39, 0.29) is 18.1 Å². The maximum atomic E-state index is 13.9. The van der Waals surface area contributed by atoms with E-state index in [9.17, 15) is 14.4 Å². The predicted octanol–water partition coefficient (Wildman–Crippen LogP) is 5.46. The second kappa shape index (κ2) is 11.8. The summed E-state index contributed by atoms with van der Waals surface area (Å²) in [6, 6.07) is 17.8. The molecule has 190 valence electrons. The van der Waals surface area contributed by atoms with Crippen molar-refractivity contribution < 1.29 is 19.1 Å². The summed E-state index contributed by atoms with van der Waals surface area (Å²) in [5, 5.41) is 6.26. The molecular formula is C27H25N3O4S3. The largest absolute Gasteiger partial charge is 0.467 e. The summed E-state index contributed by atoms with van der Waals surface area (Å²) in [5.74, 6) is -1.10. The number of nitrogens with two attached hydrogens (primary N) is 1. The number of thiophene rings is 1. The Morgan fingerprint density at radius 1 is 1.03 bits per heavy atom. The number of aromatic nitrogens is 1. The Labute approximate surface area is 227 Å². The number of nitrogens with zero attached hydrogens (tertiary/aromatic N) is 1. The lowest BCUT2D eigenvalue weighted by molar-refractivity contribution is -0.147. The van der Waals surface area contributed by atoms with E-state index in [1.54, 1.807) is 54.0 Å². The molecule has 2 aromatic carbocycles. The summed E-state index contributed by atoms with van der Waals surface area (Å²) in [6.45, 7) is 0. The van der Waals surface area contributed by atoms with Crippen molar-refractivity contribution in [1.82, 2.24) is 4.98 Å². The van der Waals surface area contributed by atoms with Crippen LogP contribution in [0.4, 0.5) is 5.13 Å². The number of ketones is 1. The highest BCUT2D eigenvalue weighted by Crippen LogP contribution is 2.36. The molecular weight excluding hydrogens is 527 g/mol. The number of carbonyl (C=O) groups excluding carboxylic acids is 3. The molecule has 0 aliphatic heterocycles. The number of amides is 1. The summed E-state index contributed by atoms with van der Waals surface area (Å²) in [6.07, 6.45) is 3.47. The average Bonchev–Trinajstić information content (AvgIpc) is 3.63. The molecule has 0 saturated heterocycles. The van der Waals surface area contributed by atoms with E-state index in [1.807, 2.05) is 29.8 Å². The maximum absolute atomic E-state index is 13.9. The third kappa shape index (κ3) is 5.67. The average molecular weight is 552 g/mol. The smallest absolute Gasteiger partial charge is 0.330 e. The van der Waals surface area contributed by atoms with Gasteiger partial charge in [-0.1, -0.05) is 54.6 Å². The molecule has 0 radical (unpaired) electrons. The number of anilines is 1. The van der Waals surface area contributed by atoms with E-state index in [0.29, 0.717) is 32.3 Å². The Balaban J connectivity index is 1.68. The number of ether oxygens (including phenoxy) is 1. The van der Waals surface area contributed by atoms with Gasteiger partial charge >= 0.3 is 5.97 Å². The minimum atomic E-state index is -1.50. The summed E-state index contributed by atoms with van der Waals surface area (Å²) in [5.41, 5.74) is 7.25. The van der Waals surface area contributed by atoms with Crippen LogP contribution < -0.4 is 11.1 Å². The van der Waals surface area contributed by atoms with Gasteiger partial charge in [0.25, 0.3) is 5.91 Å². The van der Waals surface area contributed by atoms with Gasteiger partial charge in [-0.25, -0.2) is 9.78 Å². The molecule has 0 aliphatic rings. The molecule has 1 unspecified atom stereocenters. The van der Waals surface area contributed by atoms with Gasteiger partial charge < -0.3 is 10.5 Å². The molecule has 0 saturated carbocycles. The number of hydrogen-bond donors (Lipinski definition) is 2. The number of thioether (sulfide) groups is 1. The van der Waals surface area contributed by atoms with Gasteiger partial charge in [-0.2, -0.15) is 11.8 Å². The minimum absolute atomic E-state index is 0.0415. The third-order valence-corrected chi connectivity index (χ3v) is 8.51. The molecule has 0 fully saturated rings. The molecule has 4 rings (SSSR count). The van der Waals surface area contributed by atoms with Gasteiger partial charge in [0, 0.05) is 27.6 Å². The van der Waals surface area contributed by atoms with E-state index in [4.69, 9.17) is 10.5 Å². The summed E-state index contributed by atoms with van der Waals surface area (Å²) in [4.78, 5) is 44.5. The first-order chi connectivity index (χ1) is 17.9. The molecule has 10 heteroatoms. The number of Topliss-reactive ketones (excluding diaryl/α,β-unsaturated/α-hetero) is 1. The maximum Gasteiger partial charge on any atom is 0.330 e. The number of rotatable bonds is 10. The Hall–Kier alpha value is -3.31. The number of carbonyl (C=O) groups is 3. The quantitative estimate of drug-likeness (QED) is 0.199. The van der Waals surface area contributed by atoms with Gasteiger partial charge in [-0.3, -0.25) is 14.9 Å². The monoisotopic (exact) mass is 551 g/mol. The molecule has 4 aromatic rings. The van der Waals surface area contributed by atoms with Crippen molar-refractivity contribution in [1.29, 1.82) is 0 Å². The highest BCUT2D eigenvalue weighted by atomic mass is 32.2. The lowest BCUT2D eigenvalue weighted by Crippen LogP contribution is -2.48. The Morgan fingerprint density at radius 2 is 1.76 bits per heavy atom. The molecule has 7 nitrogen and oxygen atoms in total. The normalized spacial score (nSPS) is 13.4. The molecule has 1 amide bonds. The van der Waals surface area contributed by atoms with Crippen molar-refractivity contribution in [3.63, 3.8) is 0 Å². The zero-order valence-corrected chi connectivity index (χ0v) is 22.6. The van der Waals surface area contributed by atoms with E-state index >= 15 is 0 Å². The van der Waals surface area contributed by atoms with Crippen LogP contribution in [-0.4, -0.2) is 41.3 Å². The van der Waals surface area contributed by atoms with Crippen molar-refractivity contribution in [3.05, 3.63) is 94.3 Å². The van der Waals surface area contributed by atoms with Crippen molar-refractivity contribution >= 4 is 57.2 Å². The van der Waals surface area contributed by atoms with Crippen LogP contribution in [0, 0.1) is 0 Å². The molecule has 3 N–H and O–H groups in total. The van der Waals surface area contributed by atoms with Crippen LogP contribution >= 0.6 is 34.4 Å². The molecule has 0 spiro atoms. The van der Waals surface area contributed by atoms with Crippen LogP contribution in [0.25, 0.3) is 10.4 Å². The highest BCUT2D eigenvalue weighted by Gasteiger charge is 2.41. The second-order valence-electron chi connectivity index (χ2n) is 8.12. The van der Waals surface area contributed by atoms with Crippen LogP contribution in [-0.2, 0) is 15.1 Å². The molecule has 0 bridgehead atoms. The fourth-order valence-corrected chi connectivity index (χ4v) is 6.26. The van der Waals surface area contributed by atoms with Gasteiger partial charge in [-0.15, -0.1) is 22.7 Å². The van der Waals surface area contributed by atoms with Crippen molar-refractivity contribution in [2.45, 2.75) is 17.2 Å².